The monoisotopic (exact) mass is 238 g/mol. The molecule has 0 saturated heterocycles. The third-order valence-corrected chi connectivity index (χ3v) is 2.97. The number of H-pyrrole nitrogens is 1. The second kappa shape index (κ2) is 4.49. The summed E-state index contributed by atoms with van der Waals surface area (Å²) in [6.07, 6.45) is 3.57. The van der Waals surface area contributed by atoms with Gasteiger partial charge < -0.3 is 5.32 Å². The van der Waals surface area contributed by atoms with Crippen LogP contribution in [0, 0.1) is 0 Å². The van der Waals surface area contributed by atoms with E-state index in [4.69, 9.17) is 0 Å². The van der Waals surface area contributed by atoms with E-state index in [1.807, 2.05) is 30.5 Å². The molecule has 1 aromatic carbocycles. The quantitative estimate of drug-likeness (QED) is 0.737. The molecule has 0 radical (unpaired) electrons. The van der Waals surface area contributed by atoms with E-state index in [0.717, 1.165) is 22.3 Å². The number of pyridine rings is 1. The van der Waals surface area contributed by atoms with Crippen molar-refractivity contribution in [3.05, 3.63) is 54.5 Å². The maximum atomic E-state index is 4.31. The van der Waals surface area contributed by atoms with Gasteiger partial charge in [-0.3, -0.25) is 10.1 Å². The number of aromatic nitrogens is 3. The maximum absolute atomic E-state index is 4.31. The molecule has 18 heavy (non-hydrogen) atoms. The highest BCUT2D eigenvalue weighted by Crippen LogP contribution is 2.21. The Balaban J connectivity index is 1.86. The van der Waals surface area contributed by atoms with Gasteiger partial charge in [-0.15, -0.1) is 0 Å². The molecule has 0 spiro atoms. The Kier molecular flexibility index (Phi) is 2.68. The fourth-order valence-electron chi connectivity index (χ4n) is 2.00. The van der Waals surface area contributed by atoms with Gasteiger partial charge >= 0.3 is 0 Å². The highest BCUT2D eigenvalue weighted by Gasteiger charge is 2.06. The Bertz CT molecular complexity index is 646. The Hall–Kier alpha value is -2.36. The van der Waals surface area contributed by atoms with E-state index in [2.05, 4.69) is 39.6 Å². The van der Waals surface area contributed by atoms with Crippen LogP contribution in [0.25, 0.3) is 10.9 Å². The molecular formula is C14H14N4. The first kappa shape index (κ1) is 10.8. The van der Waals surface area contributed by atoms with Crippen LogP contribution < -0.4 is 5.32 Å². The van der Waals surface area contributed by atoms with Crippen molar-refractivity contribution < 1.29 is 0 Å². The maximum Gasteiger partial charge on any atom is 0.0703 e. The number of rotatable bonds is 3. The molecule has 3 aromatic rings. The third-order valence-electron chi connectivity index (χ3n) is 2.97. The van der Waals surface area contributed by atoms with Gasteiger partial charge in [-0.1, -0.05) is 6.07 Å². The number of hydrogen-bond donors (Lipinski definition) is 2. The summed E-state index contributed by atoms with van der Waals surface area (Å²) in [5.74, 6) is 0. The summed E-state index contributed by atoms with van der Waals surface area (Å²) in [4.78, 5) is 4.31. The molecule has 0 fully saturated rings. The first-order valence-corrected chi connectivity index (χ1v) is 5.93. The first-order valence-electron chi connectivity index (χ1n) is 5.93. The summed E-state index contributed by atoms with van der Waals surface area (Å²) >= 11 is 0. The van der Waals surface area contributed by atoms with Crippen LogP contribution in [-0.2, 0) is 0 Å². The van der Waals surface area contributed by atoms with Crippen molar-refractivity contribution in [2.45, 2.75) is 13.0 Å². The van der Waals surface area contributed by atoms with Crippen molar-refractivity contribution in [1.29, 1.82) is 0 Å². The van der Waals surface area contributed by atoms with Crippen LogP contribution in [0.1, 0.15) is 18.7 Å². The molecular weight excluding hydrogens is 224 g/mol. The molecule has 1 atom stereocenters. The molecule has 2 N–H and O–H groups in total. The fourth-order valence-corrected chi connectivity index (χ4v) is 2.00. The third kappa shape index (κ3) is 2.05. The van der Waals surface area contributed by atoms with Crippen molar-refractivity contribution >= 4 is 16.6 Å². The number of anilines is 1. The highest BCUT2D eigenvalue weighted by molar-refractivity contribution is 5.82. The molecule has 0 bridgehead atoms. The SMILES string of the molecule is CC(Nc1ccc2ncccc2c1)c1ccn[nH]1. The predicted molar refractivity (Wildman–Crippen MR) is 72.4 cm³/mol. The highest BCUT2D eigenvalue weighted by atomic mass is 15.1. The van der Waals surface area contributed by atoms with Crippen molar-refractivity contribution in [2.75, 3.05) is 5.32 Å². The summed E-state index contributed by atoms with van der Waals surface area (Å²) in [7, 11) is 0. The number of benzene rings is 1. The van der Waals surface area contributed by atoms with E-state index in [-0.39, 0.29) is 6.04 Å². The number of nitrogens with one attached hydrogen (secondary N) is 2. The van der Waals surface area contributed by atoms with Crippen molar-refractivity contribution in [3.63, 3.8) is 0 Å². The molecule has 1 unspecified atom stereocenters. The molecule has 4 nitrogen and oxygen atoms in total. The van der Waals surface area contributed by atoms with E-state index >= 15 is 0 Å². The lowest BCUT2D eigenvalue weighted by Gasteiger charge is -2.13. The Labute approximate surface area is 105 Å². The van der Waals surface area contributed by atoms with Crippen molar-refractivity contribution in [3.8, 4) is 0 Å². The molecule has 3 rings (SSSR count). The average molecular weight is 238 g/mol. The standard InChI is InChI=1S/C14H14N4/c1-10(13-6-8-16-18-13)17-12-4-5-14-11(9-12)3-2-7-15-14/h2-10,17H,1H3,(H,16,18). The zero-order valence-corrected chi connectivity index (χ0v) is 10.1. The lowest BCUT2D eigenvalue weighted by Crippen LogP contribution is -2.06. The van der Waals surface area contributed by atoms with Gasteiger partial charge in [0.25, 0.3) is 0 Å². The number of fused-ring (bicyclic) bond motifs is 1. The molecule has 2 aromatic heterocycles. The minimum atomic E-state index is 0.196. The molecule has 2 heterocycles. The van der Waals surface area contributed by atoms with Gasteiger partial charge in [-0.2, -0.15) is 5.10 Å². The topological polar surface area (TPSA) is 53.6 Å². The molecule has 0 aliphatic heterocycles. The van der Waals surface area contributed by atoms with Crippen LogP contribution in [-0.4, -0.2) is 15.2 Å². The average Bonchev–Trinajstić information content (AvgIpc) is 2.92. The van der Waals surface area contributed by atoms with E-state index in [0.29, 0.717) is 0 Å². The molecule has 0 aliphatic rings. The van der Waals surface area contributed by atoms with E-state index in [1.165, 1.54) is 0 Å². The van der Waals surface area contributed by atoms with Gasteiger partial charge in [-0.25, -0.2) is 0 Å². The Morgan fingerprint density at radius 1 is 1.17 bits per heavy atom. The fraction of sp³-hybridized carbons (Fsp3) is 0.143. The molecule has 0 aliphatic carbocycles. The van der Waals surface area contributed by atoms with Crippen LogP contribution in [0.15, 0.2) is 48.8 Å². The van der Waals surface area contributed by atoms with Crippen molar-refractivity contribution in [2.24, 2.45) is 0 Å². The Morgan fingerprint density at radius 3 is 2.94 bits per heavy atom. The van der Waals surface area contributed by atoms with Crippen LogP contribution in [0.3, 0.4) is 0 Å². The molecule has 4 heteroatoms. The summed E-state index contributed by atoms with van der Waals surface area (Å²) in [6, 6.07) is 12.4. The van der Waals surface area contributed by atoms with Crippen LogP contribution in [0.4, 0.5) is 5.69 Å². The smallest absolute Gasteiger partial charge is 0.0703 e. The second-order valence-corrected chi connectivity index (χ2v) is 4.29. The van der Waals surface area contributed by atoms with Crippen molar-refractivity contribution in [1.82, 2.24) is 15.2 Å². The van der Waals surface area contributed by atoms with Crippen LogP contribution in [0.5, 0.6) is 0 Å². The second-order valence-electron chi connectivity index (χ2n) is 4.29. The summed E-state index contributed by atoms with van der Waals surface area (Å²) in [5.41, 5.74) is 3.16. The number of hydrogen-bond acceptors (Lipinski definition) is 3. The summed E-state index contributed by atoms with van der Waals surface area (Å²) < 4.78 is 0. The van der Waals surface area contributed by atoms with Gasteiger partial charge in [0.1, 0.15) is 0 Å². The van der Waals surface area contributed by atoms with Crippen LogP contribution in [0.2, 0.25) is 0 Å². The summed E-state index contributed by atoms with van der Waals surface area (Å²) in [6.45, 7) is 2.10. The van der Waals surface area contributed by atoms with E-state index in [1.54, 1.807) is 6.20 Å². The number of nitrogens with zero attached hydrogens (tertiary/aromatic N) is 2. The normalized spacial score (nSPS) is 12.5. The van der Waals surface area contributed by atoms with E-state index < -0.39 is 0 Å². The molecule has 0 amide bonds. The van der Waals surface area contributed by atoms with Gasteiger partial charge in [-0.05, 0) is 37.3 Å². The van der Waals surface area contributed by atoms with Gasteiger partial charge in [0, 0.05) is 23.5 Å². The lowest BCUT2D eigenvalue weighted by molar-refractivity contribution is 0.826. The summed E-state index contributed by atoms with van der Waals surface area (Å²) in [5, 5.41) is 11.5. The molecule has 0 saturated carbocycles. The largest absolute Gasteiger partial charge is 0.377 e. The minimum absolute atomic E-state index is 0.196. The van der Waals surface area contributed by atoms with Gasteiger partial charge in [0.2, 0.25) is 0 Å². The number of aromatic amines is 1. The minimum Gasteiger partial charge on any atom is -0.377 e. The van der Waals surface area contributed by atoms with E-state index in [9.17, 15) is 0 Å². The van der Waals surface area contributed by atoms with Gasteiger partial charge in [0.05, 0.1) is 17.3 Å². The zero-order valence-electron chi connectivity index (χ0n) is 10.1. The van der Waals surface area contributed by atoms with Gasteiger partial charge in [0.15, 0.2) is 0 Å². The van der Waals surface area contributed by atoms with Crippen LogP contribution >= 0.6 is 0 Å². The zero-order chi connectivity index (χ0) is 12.4. The first-order chi connectivity index (χ1) is 8.83. The lowest BCUT2D eigenvalue weighted by atomic mass is 10.1. The Morgan fingerprint density at radius 2 is 2.11 bits per heavy atom. The molecule has 90 valence electrons. The predicted octanol–water partition coefficient (Wildman–Crippen LogP) is 3.13.